The molecular formula is C17H17ClN2O3S. The van der Waals surface area contributed by atoms with Gasteiger partial charge in [-0.1, -0.05) is 17.7 Å². The number of carbonyl (C=O) groups is 1. The molecule has 1 aromatic carbocycles. The summed E-state index contributed by atoms with van der Waals surface area (Å²) in [6.07, 6.45) is 0.623. The normalized spacial score (nSPS) is 9.79. The van der Waals surface area contributed by atoms with Crippen LogP contribution in [0.2, 0.25) is 5.02 Å². The highest BCUT2D eigenvalue weighted by atomic mass is 35.5. The Morgan fingerprint density at radius 1 is 1.33 bits per heavy atom. The lowest BCUT2D eigenvalue weighted by Crippen LogP contribution is -1.93. The molecule has 0 saturated heterocycles. The van der Waals surface area contributed by atoms with Crippen molar-refractivity contribution in [3.8, 4) is 5.75 Å². The van der Waals surface area contributed by atoms with Crippen molar-refractivity contribution in [1.29, 1.82) is 0 Å². The van der Waals surface area contributed by atoms with E-state index >= 15 is 0 Å². The van der Waals surface area contributed by atoms with E-state index in [1.165, 1.54) is 11.3 Å². The number of halogens is 1. The highest BCUT2D eigenvalue weighted by molar-refractivity contribution is 7.13. The Kier molecular flexibility index (Phi) is 6.84. The lowest BCUT2D eigenvalue weighted by atomic mass is 10.3. The second kappa shape index (κ2) is 9.10. The van der Waals surface area contributed by atoms with Crippen LogP contribution < -0.4 is 10.1 Å². The molecule has 3 aromatic rings. The van der Waals surface area contributed by atoms with Gasteiger partial charge in [-0.3, -0.25) is 4.79 Å². The van der Waals surface area contributed by atoms with E-state index in [0.717, 1.165) is 23.0 Å². The summed E-state index contributed by atoms with van der Waals surface area (Å²) >= 11 is 7.25. The van der Waals surface area contributed by atoms with Crippen LogP contribution in [0.4, 0.5) is 5.13 Å². The largest absolute Gasteiger partial charge is 0.486 e. The fourth-order valence-corrected chi connectivity index (χ4v) is 2.57. The summed E-state index contributed by atoms with van der Waals surface area (Å²) < 4.78 is 10.9. The molecule has 0 radical (unpaired) electrons. The SMILES string of the molecule is Cc1ccc(COc2cccc(Cl)c2)o1.Cc1csc(NC=O)n1. The van der Waals surface area contributed by atoms with Gasteiger partial charge in [0.15, 0.2) is 5.13 Å². The number of benzene rings is 1. The lowest BCUT2D eigenvalue weighted by molar-refractivity contribution is -0.105. The molecule has 3 rings (SSSR count). The Morgan fingerprint density at radius 2 is 2.17 bits per heavy atom. The average Bonchev–Trinajstić information content (AvgIpc) is 3.15. The highest BCUT2D eigenvalue weighted by Gasteiger charge is 2.00. The third-order valence-corrected chi connectivity index (χ3v) is 3.90. The molecule has 0 saturated carbocycles. The van der Waals surface area contributed by atoms with Gasteiger partial charge in [-0.25, -0.2) is 4.98 Å². The number of aromatic nitrogens is 1. The van der Waals surface area contributed by atoms with Gasteiger partial charge in [0.2, 0.25) is 6.41 Å². The molecule has 0 fully saturated rings. The minimum atomic E-state index is 0.425. The fraction of sp³-hybridized carbons (Fsp3) is 0.176. The van der Waals surface area contributed by atoms with E-state index in [4.69, 9.17) is 20.8 Å². The number of hydrogen-bond donors (Lipinski definition) is 1. The summed E-state index contributed by atoms with van der Waals surface area (Å²) in [4.78, 5) is 13.8. The van der Waals surface area contributed by atoms with Crippen molar-refractivity contribution < 1.29 is 13.9 Å². The molecular weight excluding hydrogens is 348 g/mol. The molecule has 0 spiro atoms. The molecule has 126 valence electrons. The van der Waals surface area contributed by atoms with Crippen LogP contribution in [-0.4, -0.2) is 11.4 Å². The molecule has 2 aromatic heterocycles. The van der Waals surface area contributed by atoms with E-state index in [0.29, 0.717) is 23.2 Å². The number of ether oxygens (including phenoxy) is 1. The summed E-state index contributed by atoms with van der Waals surface area (Å²) in [6, 6.07) is 11.1. The zero-order chi connectivity index (χ0) is 17.4. The van der Waals surface area contributed by atoms with Crippen LogP contribution in [0, 0.1) is 13.8 Å². The van der Waals surface area contributed by atoms with Gasteiger partial charge in [-0.05, 0) is 44.2 Å². The first kappa shape index (κ1) is 18.0. The number of nitrogens with one attached hydrogen (secondary N) is 1. The third-order valence-electron chi connectivity index (χ3n) is 2.77. The predicted molar refractivity (Wildman–Crippen MR) is 95.8 cm³/mol. The predicted octanol–water partition coefficient (Wildman–Crippen LogP) is 4.84. The Morgan fingerprint density at radius 3 is 2.75 bits per heavy atom. The van der Waals surface area contributed by atoms with Gasteiger partial charge in [0.05, 0.1) is 5.69 Å². The summed E-state index contributed by atoms with van der Waals surface area (Å²) in [5, 5.41) is 5.66. The zero-order valence-corrected chi connectivity index (χ0v) is 14.9. The van der Waals surface area contributed by atoms with Gasteiger partial charge < -0.3 is 14.5 Å². The van der Waals surface area contributed by atoms with E-state index in [1.54, 1.807) is 6.07 Å². The van der Waals surface area contributed by atoms with Gasteiger partial charge in [0.1, 0.15) is 23.9 Å². The minimum absolute atomic E-state index is 0.425. The van der Waals surface area contributed by atoms with Gasteiger partial charge in [0, 0.05) is 10.4 Å². The highest BCUT2D eigenvalue weighted by Crippen LogP contribution is 2.18. The van der Waals surface area contributed by atoms with Crippen molar-refractivity contribution in [3.05, 3.63) is 64.0 Å². The van der Waals surface area contributed by atoms with E-state index in [-0.39, 0.29) is 0 Å². The van der Waals surface area contributed by atoms with Crippen LogP contribution in [0.3, 0.4) is 0 Å². The van der Waals surface area contributed by atoms with E-state index < -0.39 is 0 Å². The average molecular weight is 365 g/mol. The Bertz CT molecular complexity index is 786. The van der Waals surface area contributed by atoms with Crippen molar-refractivity contribution in [3.63, 3.8) is 0 Å². The van der Waals surface area contributed by atoms with Crippen LogP contribution in [0.5, 0.6) is 5.75 Å². The van der Waals surface area contributed by atoms with E-state index in [1.807, 2.05) is 49.6 Å². The third kappa shape index (κ3) is 6.06. The second-order valence-corrected chi connectivity index (χ2v) is 6.11. The molecule has 0 aliphatic rings. The Balaban J connectivity index is 0.000000198. The quantitative estimate of drug-likeness (QED) is 0.658. The van der Waals surface area contributed by atoms with Crippen LogP contribution >= 0.6 is 22.9 Å². The molecule has 1 amide bonds. The van der Waals surface area contributed by atoms with Crippen LogP contribution in [-0.2, 0) is 11.4 Å². The second-order valence-electron chi connectivity index (χ2n) is 4.81. The zero-order valence-electron chi connectivity index (χ0n) is 13.3. The first-order valence-corrected chi connectivity index (χ1v) is 8.38. The minimum Gasteiger partial charge on any atom is -0.486 e. The maximum atomic E-state index is 9.84. The van der Waals surface area contributed by atoms with E-state index in [2.05, 4.69) is 10.3 Å². The summed E-state index contributed by atoms with van der Waals surface area (Å²) in [5.41, 5.74) is 0.935. The molecule has 0 bridgehead atoms. The number of rotatable bonds is 5. The van der Waals surface area contributed by atoms with Crippen LogP contribution in [0.15, 0.2) is 46.2 Å². The van der Waals surface area contributed by atoms with Gasteiger partial charge in [-0.2, -0.15) is 0 Å². The fourth-order valence-electron chi connectivity index (χ4n) is 1.74. The van der Waals surface area contributed by atoms with E-state index in [9.17, 15) is 4.79 Å². The van der Waals surface area contributed by atoms with Crippen LogP contribution in [0.25, 0.3) is 0 Å². The first-order chi connectivity index (χ1) is 11.6. The van der Waals surface area contributed by atoms with Crippen molar-refractivity contribution in [2.45, 2.75) is 20.5 Å². The number of carbonyl (C=O) groups excluding carboxylic acids is 1. The van der Waals surface area contributed by atoms with Gasteiger partial charge in [0.25, 0.3) is 0 Å². The maximum absolute atomic E-state index is 9.84. The van der Waals surface area contributed by atoms with Gasteiger partial charge >= 0.3 is 0 Å². The summed E-state index contributed by atoms with van der Waals surface area (Å²) in [7, 11) is 0. The van der Waals surface area contributed by atoms with Crippen LogP contribution in [0.1, 0.15) is 17.2 Å². The molecule has 24 heavy (non-hydrogen) atoms. The Labute approximate surface area is 149 Å². The summed E-state index contributed by atoms with van der Waals surface area (Å²) in [5.74, 6) is 2.45. The topological polar surface area (TPSA) is 64.4 Å². The number of hydrogen-bond acceptors (Lipinski definition) is 5. The molecule has 0 aliphatic carbocycles. The molecule has 0 aliphatic heterocycles. The Hall–Kier alpha value is -2.31. The number of amides is 1. The number of anilines is 1. The number of furan rings is 1. The standard InChI is InChI=1S/C12H11ClO2.C5H6N2OS/c1-9-5-6-12(15-9)8-14-11-4-2-3-10(13)7-11;1-4-2-9-5(7-4)6-3-8/h2-7H,8H2,1H3;2-3H,1H3,(H,6,7,8). The molecule has 5 nitrogen and oxygen atoms in total. The van der Waals surface area contributed by atoms with Crippen molar-refractivity contribution in [2.24, 2.45) is 0 Å². The van der Waals surface area contributed by atoms with Crippen molar-refractivity contribution in [2.75, 3.05) is 5.32 Å². The van der Waals surface area contributed by atoms with Crippen molar-refractivity contribution in [1.82, 2.24) is 4.98 Å². The number of thiazole rings is 1. The first-order valence-electron chi connectivity index (χ1n) is 7.13. The maximum Gasteiger partial charge on any atom is 0.213 e. The lowest BCUT2D eigenvalue weighted by Gasteiger charge is -2.03. The molecule has 0 unspecified atom stereocenters. The smallest absolute Gasteiger partial charge is 0.213 e. The monoisotopic (exact) mass is 364 g/mol. The molecule has 0 atom stereocenters. The van der Waals surface area contributed by atoms with Gasteiger partial charge in [-0.15, -0.1) is 11.3 Å². The summed E-state index contributed by atoms with van der Waals surface area (Å²) in [6.45, 7) is 4.21. The van der Waals surface area contributed by atoms with Crippen molar-refractivity contribution >= 4 is 34.5 Å². The molecule has 7 heteroatoms. The number of nitrogens with zero attached hydrogens (tertiary/aromatic N) is 1. The molecule has 2 heterocycles. The molecule has 1 N–H and O–H groups in total. The number of aryl methyl sites for hydroxylation is 2.